The highest BCUT2D eigenvalue weighted by Gasteiger charge is 2.31. The maximum atomic E-state index is 12.5. The smallest absolute Gasteiger partial charge is 0.239 e. The lowest BCUT2D eigenvalue weighted by molar-refractivity contribution is -0.132. The molecule has 128 valence electrons. The third-order valence-electron chi connectivity index (χ3n) is 5.06. The minimum Gasteiger partial charge on any atom is -0.341 e. The lowest BCUT2D eigenvalue weighted by Gasteiger charge is -2.30. The lowest BCUT2D eigenvalue weighted by atomic mass is 9.91. The van der Waals surface area contributed by atoms with Crippen LogP contribution < -0.4 is 5.32 Å². The van der Waals surface area contributed by atoms with Crippen molar-refractivity contribution in [2.45, 2.75) is 77.4 Å². The van der Waals surface area contributed by atoms with E-state index in [2.05, 4.69) is 35.9 Å². The largest absolute Gasteiger partial charge is 0.341 e. The number of nitrogens with one attached hydrogen (secondary N) is 1. The standard InChI is InChI=1S/C18H30N4O/c1-13(17(23)21-10-5-6-11-21)20-15-8-7-9-16-14(15)12-19-22(16)18(2,3)4/h12-13,15,20H,5-11H2,1-4H3/t13-,15+/m0/s1. The number of likely N-dealkylation sites (tertiary alicyclic amines) is 1. The summed E-state index contributed by atoms with van der Waals surface area (Å²) >= 11 is 0. The molecular weight excluding hydrogens is 288 g/mol. The molecule has 2 heterocycles. The number of fused-ring (bicyclic) bond motifs is 1. The van der Waals surface area contributed by atoms with Crippen LogP contribution >= 0.6 is 0 Å². The van der Waals surface area contributed by atoms with Gasteiger partial charge in [-0.25, -0.2) is 0 Å². The number of nitrogens with zero attached hydrogens (tertiary/aromatic N) is 3. The van der Waals surface area contributed by atoms with Crippen molar-refractivity contribution in [2.75, 3.05) is 13.1 Å². The Balaban J connectivity index is 1.73. The molecule has 1 fully saturated rings. The molecule has 5 heteroatoms. The van der Waals surface area contributed by atoms with Crippen LogP contribution in [0.4, 0.5) is 0 Å². The topological polar surface area (TPSA) is 50.2 Å². The van der Waals surface area contributed by atoms with Gasteiger partial charge in [0, 0.05) is 30.4 Å². The van der Waals surface area contributed by atoms with E-state index in [1.54, 1.807) is 0 Å². The Morgan fingerprint density at radius 1 is 1.30 bits per heavy atom. The molecule has 1 saturated heterocycles. The van der Waals surface area contributed by atoms with Gasteiger partial charge in [-0.15, -0.1) is 0 Å². The first-order valence-corrected chi connectivity index (χ1v) is 9.00. The Hall–Kier alpha value is -1.36. The first kappa shape index (κ1) is 16.5. The zero-order valence-corrected chi connectivity index (χ0v) is 14.9. The number of carbonyl (C=O) groups excluding carboxylic acids is 1. The van der Waals surface area contributed by atoms with E-state index in [-0.39, 0.29) is 23.5 Å². The van der Waals surface area contributed by atoms with Gasteiger partial charge in [0.1, 0.15) is 0 Å². The molecule has 0 saturated carbocycles. The molecule has 2 atom stereocenters. The molecule has 1 aromatic heterocycles. The fourth-order valence-corrected chi connectivity index (χ4v) is 3.89. The molecule has 0 unspecified atom stereocenters. The summed E-state index contributed by atoms with van der Waals surface area (Å²) < 4.78 is 2.16. The van der Waals surface area contributed by atoms with Crippen LogP contribution in [0.2, 0.25) is 0 Å². The van der Waals surface area contributed by atoms with Crippen LogP contribution in [0.25, 0.3) is 0 Å². The number of carbonyl (C=O) groups is 1. The summed E-state index contributed by atoms with van der Waals surface area (Å²) in [5.41, 5.74) is 2.63. The van der Waals surface area contributed by atoms with E-state index in [0.29, 0.717) is 0 Å². The number of hydrogen-bond acceptors (Lipinski definition) is 3. The van der Waals surface area contributed by atoms with Crippen molar-refractivity contribution in [3.8, 4) is 0 Å². The normalized spacial score (nSPS) is 23.0. The molecule has 3 rings (SSSR count). The average Bonchev–Trinajstić information content (AvgIpc) is 3.15. The molecule has 0 radical (unpaired) electrons. The minimum absolute atomic E-state index is 0.00641. The van der Waals surface area contributed by atoms with E-state index in [1.165, 1.54) is 11.3 Å². The van der Waals surface area contributed by atoms with Gasteiger partial charge in [-0.1, -0.05) is 0 Å². The fraction of sp³-hybridized carbons (Fsp3) is 0.778. The average molecular weight is 318 g/mol. The van der Waals surface area contributed by atoms with Crippen LogP contribution in [-0.2, 0) is 16.8 Å². The molecule has 0 aromatic carbocycles. The highest BCUT2D eigenvalue weighted by molar-refractivity contribution is 5.81. The van der Waals surface area contributed by atoms with Gasteiger partial charge in [0.05, 0.1) is 17.8 Å². The van der Waals surface area contributed by atoms with Crippen LogP contribution in [0.1, 0.15) is 70.7 Å². The predicted octanol–water partition coefficient (Wildman–Crippen LogP) is 2.62. The van der Waals surface area contributed by atoms with Gasteiger partial charge in [-0.05, 0) is 59.8 Å². The molecule has 1 aromatic rings. The van der Waals surface area contributed by atoms with Crippen molar-refractivity contribution in [1.82, 2.24) is 20.0 Å². The maximum Gasteiger partial charge on any atom is 0.239 e. The number of hydrogen-bond donors (Lipinski definition) is 1. The zero-order valence-electron chi connectivity index (χ0n) is 14.9. The van der Waals surface area contributed by atoms with Gasteiger partial charge in [0.25, 0.3) is 0 Å². The van der Waals surface area contributed by atoms with Crippen molar-refractivity contribution in [2.24, 2.45) is 0 Å². The highest BCUT2D eigenvalue weighted by atomic mass is 16.2. The molecule has 0 spiro atoms. The molecule has 1 N–H and O–H groups in total. The quantitative estimate of drug-likeness (QED) is 0.932. The third-order valence-corrected chi connectivity index (χ3v) is 5.06. The van der Waals surface area contributed by atoms with E-state index < -0.39 is 0 Å². The van der Waals surface area contributed by atoms with E-state index in [0.717, 1.165) is 45.2 Å². The van der Waals surface area contributed by atoms with Gasteiger partial charge in [0.15, 0.2) is 0 Å². The second-order valence-corrected chi connectivity index (χ2v) is 7.99. The molecular formula is C18H30N4O. The van der Waals surface area contributed by atoms with Gasteiger partial charge >= 0.3 is 0 Å². The second-order valence-electron chi connectivity index (χ2n) is 7.99. The third kappa shape index (κ3) is 3.30. The summed E-state index contributed by atoms with van der Waals surface area (Å²) in [4.78, 5) is 14.5. The predicted molar refractivity (Wildman–Crippen MR) is 91.3 cm³/mol. The maximum absolute atomic E-state index is 12.5. The van der Waals surface area contributed by atoms with E-state index >= 15 is 0 Å². The summed E-state index contributed by atoms with van der Waals surface area (Å²) in [7, 11) is 0. The Kier molecular flexibility index (Phi) is 4.50. The lowest BCUT2D eigenvalue weighted by Crippen LogP contribution is -2.45. The van der Waals surface area contributed by atoms with Gasteiger partial charge in [-0.3, -0.25) is 14.8 Å². The summed E-state index contributed by atoms with van der Waals surface area (Å²) in [6.07, 6.45) is 7.61. The summed E-state index contributed by atoms with van der Waals surface area (Å²) in [5, 5.41) is 8.20. The van der Waals surface area contributed by atoms with Gasteiger partial charge in [0.2, 0.25) is 5.91 Å². The number of amides is 1. The Morgan fingerprint density at radius 3 is 2.65 bits per heavy atom. The van der Waals surface area contributed by atoms with Crippen molar-refractivity contribution in [1.29, 1.82) is 0 Å². The first-order chi connectivity index (χ1) is 10.9. The molecule has 0 bridgehead atoms. The molecule has 2 aliphatic rings. The fourth-order valence-electron chi connectivity index (χ4n) is 3.89. The van der Waals surface area contributed by atoms with Crippen molar-refractivity contribution in [3.05, 3.63) is 17.5 Å². The molecule has 1 aliphatic heterocycles. The Morgan fingerprint density at radius 2 is 2.00 bits per heavy atom. The summed E-state index contributed by atoms with van der Waals surface area (Å²) in [6.45, 7) is 10.4. The van der Waals surface area contributed by atoms with E-state index in [1.807, 2.05) is 18.0 Å². The monoisotopic (exact) mass is 318 g/mol. The first-order valence-electron chi connectivity index (χ1n) is 9.00. The number of aromatic nitrogens is 2. The van der Waals surface area contributed by atoms with Crippen LogP contribution in [0.15, 0.2) is 6.20 Å². The van der Waals surface area contributed by atoms with Crippen molar-refractivity contribution < 1.29 is 4.79 Å². The van der Waals surface area contributed by atoms with Crippen molar-refractivity contribution >= 4 is 5.91 Å². The van der Waals surface area contributed by atoms with Crippen LogP contribution in [0, 0.1) is 0 Å². The zero-order chi connectivity index (χ0) is 16.6. The van der Waals surface area contributed by atoms with E-state index in [4.69, 9.17) is 0 Å². The van der Waals surface area contributed by atoms with Crippen LogP contribution in [0.5, 0.6) is 0 Å². The van der Waals surface area contributed by atoms with Gasteiger partial charge < -0.3 is 4.90 Å². The second kappa shape index (κ2) is 6.27. The van der Waals surface area contributed by atoms with E-state index in [9.17, 15) is 4.79 Å². The summed E-state index contributed by atoms with van der Waals surface area (Å²) in [6, 6.07) is 0.124. The molecule has 1 amide bonds. The Labute approximate surface area is 139 Å². The molecule has 5 nitrogen and oxygen atoms in total. The number of rotatable bonds is 3. The van der Waals surface area contributed by atoms with Gasteiger partial charge in [-0.2, -0.15) is 5.10 Å². The molecule has 1 aliphatic carbocycles. The SMILES string of the molecule is C[C@H](N[C@@H]1CCCc2c1cnn2C(C)(C)C)C(=O)N1CCCC1. The van der Waals surface area contributed by atoms with Crippen molar-refractivity contribution in [3.63, 3.8) is 0 Å². The summed E-state index contributed by atoms with van der Waals surface area (Å²) in [5.74, 6) is 0.248. The minimum atomic E-state index is -0.123. The Bertz CT molecular complexity index is 566. The highest BCUT2D eigenvalue weighted by Crippen LogP contribution is 2.32. The molecule has 23 heavy (non-hydrogen) atoms. The van der Waals surface area contributed by atoms with Crippen LogP contribution in [0.3, 0.4) is 0 Å². The van der Waals surface area contributed by atoms with Crippen LogP contribution in [-0.4, -0.2) is 39.7 Å².